The number of aliphatic hydroxyl groups excluding tert-OH is 1. The Labute approximate surface area is 103 Å². The lowest BCUT2D eigenvalue weighted by Crippen LogP contribution is -2.20. The molecule has 0 spiro atoms. The van der Waals surface area contributed by atoms with Gasteiger partial charge in [0.25, 0.3) is 0 Å². The summed E-state index contributed by atoms with van der Waals surface area (Å²) in [5.41, 5.74) is 1.29. The first-order valence-electron chi connectivity index (χ1n) is 6.01. The molecule has 0 heterocycles. The van der Waals surface area contributed by atoms with Crippen molar-refractivity contribution in [3.63, 3.8) is 0 Å². The molecule has 2 heteroatoms. The molecule has 1 N–H and O–H groups in total. The van der Waals surface area contributed by atoms with Crippen LogP contribution in [-0.4, -0.2) is 17.0 Å². The molecule has 0 aliphatic carbocycles. The van der Waals surface area contributed by atoms with Gasteiger partial charge < -0.3 is 5.11 Å². The zero-order valence-electron chi connectivity index (χ0n) is 10.4. The monoisotopic (exact) mass is 238 g/mol. The first-order valence-corrected chi connectivity index (χ1v) is 7.00. The second-order valence-corrected chi connectivity index (χ2v) is 5.47. The van der Waals surface area contributed by atoms with Gasteiger partial charge in [0.15, 0.2) is 0 Å². The Morgan fingerprint density at radius 3 is 2.62 bits per heavy atom. The van der Waals surface area contributed by atoms with Crippen LogP contribution in [0.4, 0.5) is 0 Å². The fourth-order valence-electron chi connectivity index (χ4n) is 1.71. The predicted octanol–water partition coefficient (Wildman–Crippen LogP) is 3.88. The maximum atomic E-state index is 9.98. The Kier molecular flexibility index (Phi) is 5.93. The second-order valence-electron chi connectivity index (χ2n) is 4.41. The van der Waals surface area contributed by atoms with Crippen LogP contribution in [0.25, 0.3) is 0 Å². The van der Waals surface area contributed by atoms with Gasteiger partial charge in [0.2, 0.25) is 0 Å². The number of thioether (sulfide) groups is 1. The van der Waals surface area contributed by atoms with E-state index in [1.807, 2.05) is 0 Å². The van der Waals surface area contributed by atoms with E-state index in [-0.39, 0.29) is 6.10 Å². The number of aliphatic hydroxyl groups is 1. The molecule has 0 saturated carbocycles. The van der Waals surface area contributed by atoms with Crippen molar-refractivity contribution in [3.05, 3.63) is 29.8 Å². The summed E-state index contributed by atoms with van der Waals surface area (Å²) in [6.07, 6.45) is 2.06. The van der Waals surface area contributed by atoms with Crippen molar-refractivity contribution < 1.29 is 5.11 Å². The Balaban J connectivity index is 2.42. The van der Waals surface area contributed by atoms with E-state index in [1.165, 1.54) is 10.5 Å². The van der Waals surface area contributed by atoms with E-state index in [0.29, 0.717) is 5.92 Å². The smallest absolute Gasteiger partial charge is 0.0659 e. The van der Waals surface area contributed by atoms with E-state index in [4.69, 9.17) is 0 Å². The number of hydrogen-bond acceptors (Lipinski definition) is 2. The van der Waals surface area contributed by atoms with Crippen LogP contribution in [0.5, 0.6) is 0 Å². The Morgan fingerprint density at radius 2 is 2.00 bits per heavy atom. The zero-order chi connectivity index (χ0) is 12.0. The van der Waals surface area contributed by atoms with Gasteiger partial charge in [0, 0.05) is 10.6 Å². The lowest BCUT2D eigenvalue weighted by atomic mass is 10.0. The SMILES string of the molecule is CCCC(C)C(O)CSc1ccccc1C. The quantitative estimate of drug-likeness (QED) is 0.759. The molecule has 2 unspecified atom stereocenters. The minimum atomic E-state index is -0.190. The topological polar surface area (TPSA) is 20.2 Å². The van der Waals surface area contributed by atoms with Crippen LogP contribution in [0.15, 0.2) is 29.2 Å². The van der Waals surface area contributed by atoms with Crippen molar-refractivity contribution in [2.24, 2.45) is 5.92 Å². The van der Waals surface area contributed by atoms with Crippen LogP contribution in [-0.2, 0) is 0 Å². The Hall–Kier alpha value is -0.470. The van der Waals surface area contributed by atoms with Crippen molar-refractivity contribution in [1.29, 1.82) is 0 Å². The molecular formula is C14H22OS. The number of benzene rings is 1. The minimum absolute atomic E-state index is 0.190. The fourth-order valence-corrected chi connectivity index (χ4v) is 2.85. The molecule has 1 aromatic rings. The van der Waals surface area contributed by atoms with Crippen LogP contribution < -0.4 is 0 Å². The van der Waals surface area contributed by atoms with Gasteiger partial charge in [-0.3, -0.25) is 0 Å². The molecule has 16 heavy (non-hydrogen) atoms. The van der Waals surface area contributed by atoms with E-state index in [1.54, 1.807) is 11.8 Å². The summed E-state index contributed by atoms with van der Waals surface area (Å²) in [7, 11) is 0. The largest absolute Gasteiger partial charge is 0.392 e. The minimum Gasteiger partial charge on any atom is -0.392 e. The predicted molar refractivity (Wildman–Crippen MR) is 72.0 cm³/mol. The van der Waals surface area contributed by atoms with E-state index in [9.17, 15) is 5.11 Å². The van der Waals surface area contributed by atoms with Crippen LogP contribution >= 0.6 is 11.8 Å². The molecular weight excluding hydrogens is 216 g/mol. The lowest BCUT2D eigenvalue weighted by molar-refractivity contribution is 0.134. The maximum Gasteiger partial charge on any atom is 0.0659 e. The molecule has 1 aromatic carbocycles. The third-order valence-electron chi connectivity index (χ3n) is 2.90. The second kappa shape index (κ2) is 6.97. The zero-order valence-corrected chi connectivity index (χ0v) is 11.3. The average Bonchev–Trinajstić information content (AvgIpc) is 2.28. The summed E-state index contributed by atoms with van der Waals surface area (Å²) >= 11 is 1.76. The third-order valence-corrected chi connectivity index (χ3v) is 4.18. The molecule has 90 valence electrons. The fraction of sp³-hybridized carbons (Fsp3) is 0.571. The summed E-state index contributed by atoms with van der Waals surface area (Å²) in [6, 6.07) is 8.34. The highest BCUT2D eigenvalue weighted by Gasteiger charge is 2.13. The van der Waals surface area contributed by atoms with Gasteiger partial charge in [-0.2, -0.15) is 0 Å². The summed E-state index contributed by atoms with van der Waals surface area (Å²) in [5.74, 6) is 1.20. The van der Waals surface area contributed by atoms with Crippen molar-refractivity contribution in [3.8, 4) is 0 Å². The van der Waals surface area contributed by atoms with Crippen molar-refractivity contribution in [1.82, 2.24) is 0 Å². The average molecular weight is 238 g/mol. The molecule has 2 atom stereocenters. The van der Waals surface area contributed by atoms with Crippen molar-refractivity contribution in [2.45, 2.75) is 44.6 Å². The molecule has 0 radical (unpaired) electrons. The van der Waals surface area contributed by atoms with E-state index in [2.05, 4.69) is 45.0 Å². The van der Waals surface area contributed by atoms with Gasteiger partial charge in [-0.25, -0.2) is 0 Å². The van der Waals surface area contributed by atoms with Gasteiger partial charge in [0.05, 0.1) is 6.10 Å². The molecule has 1 rings (SSSR count). The third kappa shape index (κ3) is 4.18. The summed E-state index contributed by atoms with van der Waals surface area (Å²) in [4.78, 5) is 1.28. The molecule has 1 nitrogen and oxygen atoms in total. The normalized spacial score (nSPS) is 14.8. The molecule has 0 amide bonds. The van der Waals surface area contributed by atoms with E-state index >= 15 is 0 Å². The van der Waals surface area contributed by atoms with Gasteiger partial charge in [-0.1, -0.05) is 38.5 Å². The summed E-state index contributed by atoms with van der Waals surface area (Å²) in [5, 5.41) is 9.98. The molecule has 0 aliphatic heterocycles. The standard InChI is InChI=1S/C14H22OS/c1-4-7-11(2)13(15)10-16-14-9-6-5-8-12(14)3/h5-6,8-9,11,13,15H,4,7,10H2,1-3H3. The number of hydrogen-bond donors (Lipinski definition) is 1. The maximum absolute atomic E-state index is 9.98. The molecule has 0 aromatic heterocycles. The summed E-state index contributed by atoms with van der Waals surface area (Å²) in [6.45, 7) is 6.41. The van der Waals surface area contributed by atoms with Crippen molar-refractivity contribution in [2.75, 3.05) is 5.75 Å². The van der Waals surface area contributed by atoms with Crippen LogP contribution in [0.2, 0.25) is 0 Å². The van der Waals surface area contributed by atoms with Gasteiger partial charge in [-0.15, -0.1) is 11.8 Å². The van der Waals surface area contributed by atoms with Gasteiger partial charge >= 0.3 is 0 Å². The lowest BCUT2D eigenvalue weighted by Gasteiger charge is -2.18. The summed E-state index contributed by atoms with van der Waals surface area (Å²) < 4.78 is 0. The highest BCUT2D eigenvalue weighted by atomic mass is 32.2. The Morgan fingerprint density at radius 1 is 1.31 bits per heavy atom. The van der Waals surface area contributed by atoms with Crippen LogP contribution in [0.1, 0.15) is 32.3 Å². The first kappa shape index (κ1) is 13.6. The highest BCUT2D eigenvalue weighted by Crippen LogP contribution is 2.24. The molecule has 0 fully saturated rings. The number of aryl methyl sites for hydroxylation is 1. The first-order chi connectivity index (χ1) is 7.65. The van der Waals surface area contributed by atoms with Gasteiger partial charge in [0.1, 0.15) is 0 Å². The Bertz CT molecular complexity index is 311. The van der Waals surface area contributed by atoms with E-state index < -0.39 is 0 Å². The molecule has 0 saturated heterocycles. The molecule has 0 bridgehead atoms. The van der Waals surface area contributed by atoms with E-state index in [0.717, 1.165) is 18.6 Å². The van der Waals surface area contributed by atoms with Crippen LogP contribution in [0.3, 0.4) is 0 Å². The molecule has 0 aliphatic rings. The van der Waals surface area contributed by atoms with Crippen LogP contribution in [0, 0.1) is 12.8 Å². The van der Waals surface area contributed by atoms with Crippen molar-refractivity contribution >= 4 is 11.8 Å². The number of rotatable bonds is 6. The highest BCUT2D eigenvalue weighted by molar-refractivity contribution is 7.99. The van der Waals surface area contributed by atoms with Gasteiger partial charge in [-0.05, 0) is 30.9 Å².